The molecule has 0 spiro atoms. The van der Waals surface area contributed by atoms with Crippen LogP contribution in [0.2, 0.25) is 0 Å². The van der Waals surface area contributed by atoms with Crippen molar-refractivity contribution in [1.29, 1.82) is 0 Å². The van der Waals surface area contributed by atoms with E-state index in [1.54, 1.807) is 0 Å². The number of carbonyl (C=O) groups excluding carboxylic acids is 3. The van der Waals surface area contributed by atoms with Crippen molar-refractivity contribution in [3.63, 3.8) is 0 Å². The van der Waals surface area contributed by atoms with Crippen LogP contribution in [0.3, 0.4) is 0 Å². The molecule has 1 atom stereocenters. The fourth-order valence-corrected chi connectivity index (χ4v) is 2.46. The Hall–Kier alpha value is -0.840. The van der Waals surface area contributed by atoms with Crippen molar-refractivity contribution in [2.75, 3.05) is 12.3 Å². The quantitative estimate of drug-likeness (QED) is 0.516. The molecular weight excluding hydrogens is 226 g/mol. The zero-order valence-corrected chi connectivity index (χ0v) is 10.2. The molecule has 16 heavy (non-hydrogen) atoms. The van der Waals surface area contributed by atoms with E-state index in [1.165, 1.54) is 23.6 Å². The molecule has 0 aromatic carbocycles. The monoisotopic (exact) mass is 242 g/mol. The standard InChI is InChI=1S/C11H16NO3S/c1-3-16-9-7-10(14)12(11(9)15)6-4-5-8(2)13/h9H,1,3-7H2,2H3/q-1. The highest BCUT2D eigenvalue weighted by Crippen LogP contribution is 2.24. The summed E-state index contributed by atoms with van der Waals surface area (Å²) in [6.45, 7) is 5.53. The first kappa shape index (κ1) is 13.2. The zero-order chi connectivity index (χ0) is 12.1. The number of rotatable bonds is 6. The molecule has 0 aromatic heterocycles. The maximum atomic E-state index is 11.8. The molecule has 0 radical (unpaired) electrons. The highest BCUT2D eigenvalue weighted by molar-refractivity contribution is 8.00. The van der Waals surface area contributed by atoms with E-state index in [-0.39, 0.29) is 29.3 Å². The molecular formula is C11H16NO3S-. The van der Waals surface area contributed by atoms with E-state index in [9.17, 15) is 14.4 Å². The van der Waals surface area contributed by atoms with Crippen molar-refractivity contribution < 1.29 is 14.4 Å². The Balaban J connectivity index is 2.44. The van der Waals surface area contributed by atoms with Crippen LogP contribution in [0.5, 0.6) is 0 Å². The molecule has 0 bridgehead atoms. The van der Waals surface area contributed by atoms with Gasteiger partial charge in [-0.2, -0.15) is 11.8 Å². The van der Waals surface area contributed by atoms with Gasteiger partial charge >= 0.3 is 0 Å². The van der Waals surface area contributed by atoms with Gasteiger partial charge in [-0.3, -0.25) is 14.5 Å². The van der Waals surface area contributed by atoms with Crippen LogP contribution >= 0.6 is 11.8 Å². The highest BCUT2D eigenvalue weighted by Gasteiger charge is 2.37. The second-order valence-electron chi connectivity index (χ2n) is 3.75. The van der Waals surface area contributed by atoms with Crippen LogP contribution in [0.15, 0.2) is 0 Å². The molecule has 0 N–H and O–H groups in total. The van der Waals surface area contributed by atoms with Crippen molar-refractivity contribution >= 4 is 29.4 Å². The molecule has 1 heterocycles. The normalized spacial score (nSPS) is 20.6. The number of imide groups is 1. The number of ketones is 1. The average molecular weight is 242 g/mol. The fraction of sp³-hybridized carbons (Fsp3) is 0.636. The molecule has 0 aromatic rings. The van der Waals surface area contributed by atoms with Crippen LogP contribution in [0, 0.1) is 6.92 Å². The van der Waals surface area contributed by atoms with Crippen molar-refractivity contribution in [3.8, 4) is 0 Å². The first-order chi connectivity index (χ1) is 7.56. The van der Waals surface area contributed by atoms with Crippen LogP contribution in [-0.2, 0) is 14.4 Å². The number of hydrogen-bond donors (Lipinski definition) is 0. The van der Waals surface area contributed by atoms with E-state index in [2.05, 4.69) is 6.92 Å². The number of nitrogens with zero attached hydrogens (tertiary/aromatic N) is 1. The Labute approximate surface area is 99.8 Å². The number of carbonyl (C=O) groups is 3. The van der Waals surface area contributed by atoms with E-state index >= 15 is 0 Å². The molecule has 1 unspecified atom stereocenters. The molecule has 0 saturated carbocycles. The summed E-state index contributed by atoms with van der Waals surface area (Å²) in [5, 5.41) is -0.262. The Morgan fingerprint density at radius 2 is 2.25 bits per heavy atom. The summed E-state index contributed by atoms with van der Waals surface area (Å²) in [6, 6.07) is 0. The molecule has 1 rings (SSSR count). The molecule has 0 aliphatic carbocycles. The number of thioether (sulfide) groups is 1. The predicted molar refractivity (Wildman–Crippen MR) is 62.9 cm³/mol. The summed E-state index contributed by atoms with van der Waals surface area (Å²) >= 11 is 1.40. The van der Waals surface area contributed by atoms with Crippen LogP contribution in [0.1, 0.15) is 26.2 Å². The van der Waals surface area contributed by atoms with Crippen molar-refractivity contribution in [3.05, 3.63) is 6.92 Å². The highest BCUT2D eigenvalue weighted by atomic mass is 32.2. The SMILES string of the molecule is [CH2-]CSC1CC(=O)N(CCCC(C)=O)C1=O. The van der Waals surface area contributed by atoms with Crippen molar-refractivity contribution in [2.45, 2.75) is 31.4 Å². The number of likely N-dealkylation sites (tertiary alicyclic amines) is 1. The lowest BCUT2D eigenvalue weighted by atomic mass is 10.2. The average Bonchev–Trinajstić information content (AvgIpc) is 2.45. The van der Waals surface area contributed by atoms with Crippen LogP contribution in [-0.4, -0.2) is 40.0 Å². The second-order valence-corrected chi connectivity index (χ2v) is 5.06. The molecule has 4 nitrogen and oxygen atoms in total. The maximum Gasteiger partial charge on any atom is 0.242 e. The lowest BCUT2D eigenvalue weighted by Crippen LogP contribution is -2.32. The second kappa shape index (κ2) is 6.03. The minimum Gasteiger partial charge on any atom is -0.334 e. The number of amides is 2. The molecule has 1 saturated heterocycles. The predicted octanol–water partition coefficient (Wildman–Crippen LogP) is 1.05. The lowest BCUT2D eigenvalue weighted by molar-refractivity contribution is -0.138. The Morgan fingerprint density at radius 3 is 2.81 bits per heavy atom. The van der Waals surface area contributed by atoms with Gasteiger partial charge in [0.2, 0.25) is 11.8 Å². The van der Waals surface area contributed by atoms with Gasteiger partial charge < -0.3 is 11.7 Å². The third kappa shape index (κ3) is 3.33. The van der Waals surface area contributed by atoms with Crippen LogP contribution < -0.4 is 0 Å². The van der Waals surface area contributed by atoms with Crippen LogP contribution in [0.4, 0.5) is 0 Å². The summed E-state index contributed by atoms with van der Waals surface area (Å²) in [4.78, 5) is 35.3. The summed E-state index contributed by atoms with van der Waals surface area (Å²) in [7, 11) is 0. The van der Waals surface area contributed by atoms with E-state index in [0.717, 1.165) is 0 Å². The summed E-state index contributed by atoms with van der Waals surface area (Å²) in [5.74, 6) is 0.426. The molecule has 1 aliphatic rings. The first-order valence-corrected chi connectivity index (χ1v) is 6.35. The molecule has 90 valence electrons. The third-order valence-corrected chi connectivity index (χ3v) is 3.44. The van der Waals surface area contributed by atoms with Gasteiger partial charge in [0, 0.05) is 19.4 Å². The Kier molecular flexibility index (Phi) is 4.99. The Bertz CT molecular complexity index is 304. The zero-order valence-electron chi connectivity index (χ0n) is 9.40. The van der Waals surface area contributed by atoms with E-state index < -0.39 is 0 Å². The third-order valence-electron chi connectivity index (χ3n) is 2.43. The smallest absolute Gasteiger partial charge is 0.242 e. The van der Waals surface area contributed by atoms with E-state index in [1.807, 2.05) is 0 Å². The van der Waals surface area contributed by atoms with E-state index in [4.69, 9.17) is 0 Å². The first-order valence-electron chi connectivity index (χ1n) is 5.30. The summed E-state index contributed by atoms with van der Waals surface area (Å²) in [5.41, 5.74) is 0. The summed E-state index contributed by atoms with van der Waals surface area (Å²) in [6.07, 6.45) is 1.26. The van der Waals surface area contributed by atoms with Gasteiger partial charge in [0.25, 0.3) is 0 Å². The number of Topliss-reactive ketones (excluding diaryl/α,β-unsaturated/α-hetero) is 1. The molecule has 2 amide bonds. The van der Waals surface area contributed by atoms with Crippen molar-refractivity contribution in [2.24, 2.45) is 0 Å². The minimum absolute atomic E-state index is 0.0859. The Morgan fingerprint density at radius 1 is 1.56 bits per heavy atom. The minimum atomic E-state index is -0.262. The molecule has 1 aliphatic heterocycles. The van der Waals surface area contributed by atoms with Gasteiger partial charge in [-0.05, 0) is 13.3 Å². The van der Waals surface area contributed by atoms with Gasteiger partial charge in [0.05, 0.1) is 5.25 Å². The fourth-order valence-electron chi connectivity index (χ4n) is 1.65. The number of hydrogen-bond acceptors (Lipinski definition) is 4. The largest absolute Gasteiger partial charge is 0.334 e. The van der Waals surface area contributed by atoms with Gasteiger partial charge in [-0.15, -0.1) is 5.75 Å². The van der Waals surface area contributed by atoms with Gasteiger partial charge in [0.15, 0.2) is 0 Å². The van der Waals surface area contributed by atoms with Gasteiger partial charge in [-0.25, -0.2) is 0 Å². The molecule has 5 heteroatoms. The lowest BCUT2D eigenvalue weighted by Gasteiger charge is -2.14. The summed E-state index contributed by atoms with van der Waals surface area (Å²) < 4.78 is 0. The van der Waals surface area contributed by atoms with E-state index in [0.29, 0.717) is 25.1 Å². The van der Waals surface area contributed by atoms with Crippen molar-refractivity contribution in [1.82, 2.24) is 4.90 Å². The maximum absolute atomic E-state index is 11.8. The molecule has 1 fully saturated rings. The van der Waals surface area contributed by atoms with Gasteiger partial charge in [0.1, 0.15) is 5.78 Å². The van der Waals surface area contributed by atoms with Crippen LogP contribution in [0.25, 0.3) is 0 Å². The van der Waals surface area contributed by atoms with Gasteiger partial charge in [-0.1, -0.05) is 0 Å². The topological polar surface area (TPSA) is 54.5 Å².